The molecule has 2 rings (SSSR count). The molecule has 0 amide bonds. The highest BCUT2D eigenvalue weighted by atomic mass is 17.2. The molecule has 0 radical (unpaired) electrons. The Morgan fingerprint density at radius 1 is 1.06 bits per heavy atom. The number of hydrogen-bond donors (Lipinski definition) is 0. The van der Waals surface area contributed by atoms with E-state index in [9.17, 15) is 4.79 Å². The number of rotatable bonds is 3. The van der Waals surface area contributed by atoms with E-state index in [0.29, 0.717) is 5.56 Å². The zero-order valence-corrected chi connectivity index (χ0v) is 11.1. The van der Waals surface area contributed by atoms with Gasteiger partial charge in [0, 0.05) is 0 Å². The Labute approximate surface area is 108 Å². The van der Waals surface area contributed by atoms with Crippen molar-refractivity contribution in [2.75, 3.05) is 0 Å². The molecule has 0 atom stereocenters. The van der Waals surface area contributed by atoms with Gasteiger partial charge in [0.1, 0.15) is 6.10 Å². The fourth-order valence-corrected chi connectivity index (χ4v) is 2.41. The van der Waals surface area contributed by atoms with Gasteiger partial charge < -0.3 is 0 Å². The fourth-order valence-electron chi connectivity index (χ4n) is 2.41. The van der Waals surface area contributed by atoms with Crippen LogP contribution in [0.25, 0.3) is 0 Å². The van der Waals surface area contributed by atoms with Crippen LogP contribution < -0.4 is 0 Å². The molecule has 98 valence electrons. The second kappa shape index (κ2) is 6.01. The van der Waals surface area contributed by atoms with Gasteiger partial charge in [-0.15, -0.1) is 0 Å². The summed E-state index contributed by atoms with van der Waals surface area (Å²) in [5.41, 5.74) is 2.67. The van der Waals surface area contributed by atoms with Crippen LogP contribution in [0.5, 0.6) is 0 Å². The molecule has 1 aromatic carbocycles. The second-order valence-electron chi connectivity index (χ2n) is 5.10. The summed E-state index contributed by atoms with van der Waals surface area (Å²) in [6, 6.07) is 5.66. The van der Waals surface area contributed by atoms with Gasteiger partial charge in [-0.3, -0.25) is 4.89 Å². The van der Waals surface area contributed by atoms with Crippen molar-refractivity contribution >= 4 is 5.97 Å². The molecule has 18 heavy (non-hydrogen) atoms. The molecule has 0 saturated heterocycles. The van der Waals surface area contributed by atoms with Crippen LogP contribution >= 0.6 is 0 Å². The number of carbonyl (C=O) groups is 1. The summed E-state index contributed by atoms with van der Waals surface area (Å²) in [6.07, 6.45) is 5.62. The Bertz CT molecular complexity index is 399. The van der Waals surface area contributed by atoms with E-state index >= 15 is 0 Å². The van der Waals surface area contributed by atoms with Gasteiger partial charge in [-0.1, -0.05) is 36.5 Å². The lowest BCUT2D eigenvalue weighted by Crippen LogP contribution is -2.19. The fraction of sp³-hybridized carbons (Fsp3) is 0.533. The monoisotopic (exact) mass is 248 g/mol. The highest BCUT2D eigenvalue weighted by Crippen LogP contribution is 2.21. The molecule has 1 aliphatic rings. The minimum absolute atomic E-state index is 0.0774. The van der Waals surface area contributed by atoms with Gasteiger partial charge in [0.05, 0.1) is 5.56 Å². The first kappa shape index (κ1) is 13.1. The van der Waals surface area contributed by atoms with Crippen LogP contribution in [0.2, 0.25) is 0 Å². The van der Waals surface area contributed by atoms with E-state index in [1.807, 2.05) is 32.0 Å². The smallest absolute Gasteiger partial charge is 0.293 e. The van der Waals surface area contributed by atoms with Gasteiger partial charge in [-0.25, -0.2) is 4.79 Å². The van der Waals surface area contributed by atoms with Crippen molar-refractivity contribution in [2.24, 2.45) is 0 Å². The molecule has 0 unspecified atom stereocenters. The number of carbonyl (C=O) groups excluding carboxylic acids is 1. The Balaban J connectivity index is 1.90. The molecular weight excluding hydrogens is 228 g/mol. The molecule has 0 heterocycles. The molecule has 0 N–H and O–H groups in total. The van der Waals surface area contributed by atoms with E-state index in [1.54, 1.807) is 0 Å². The molecule has 0 aromatic heterocycles. The third-order valence-electron chi connectivity index (χ3n) is 3.27. The average Bonchev–Trinajstić information content (AvgIpc) is 2.36. The molecule has 0 aliphatic heterocycles. The number of benzene rings is 1. The minimum Gasteiger partial charge on any atom is -0.293 e. The van der Waals surface area contributed by atoms with Crippen molar-refractivity contribution in [1.82, 2.24) is 0 Å². The van der Waals surface area contributed by atoms with Gasteiger partial charge in [0.2, 0.25) is 0 Å². The van der Waals surface area contributed by atoms with Crippen LogP contribution in [-0.4, -0.2) is 12.1 Å². The van der Waals surface area contributed by atoms with E-state index in [2.05, 4.69) is 0 Å². The summed E-state index contributed by atoms with van der Waals surface area (Å²) in [5, 5.41) is 0. The van der Waals surface area contributed by atoms with Crippen LogP contribution in [0.4, 0.5) is 0 Å². The summed E-state index contributed by atoms with van der Waals surface area (Å²) in [7, 11) is 0. The van der Waals surface area contributed by atoms with Crippen LogP contribution in [-0.2, 0) is 9.78 Å². The minimum atomic E-state index is -0.396. The van der Waals surface area contributed by atoms with E-state index in [4.69, 9.17) is 9.78 Å². The van der Waals surface area contributed by atoms with Crippen molar-refractivity contribution in [3.8, 4) is 0 Å². The maximum atomic E-state index is 11.8. The van der Waals surface area contributed by atoms with Crippen molar-refractivity contribution in [1.29, 1.82) is 0 Å². The summed E-state index contributed by atoms with van der Waals surface area (Å²) >= 11 is 0. The summed E-state index contributed by atoms with van der Waals surface area (Å²) in [4.78, 5) is 22.0. The summed E-state index contributed by atoms with van der Waals surface area (Å²) in [5.74, 6) is -0.396. The van der Waals surface area contributed by atoms with Gasteiger partial charge in [0.25, 0.3) is 0 Å². The van der Waals surface area contributed by atoms with Crippen LogP contribution in [0.3, 0.4) is 0 Å². The zero-order valence-electron chi connectivity index (χ0n) is 11.1. The molecular formula is C15H20O3. The van der Waals surface area contributed by atoms with Crippen molar-refractivity contribution < 1.29 is 14.6 Å². The quantitative estimate of drug-likeness (QED) is 0.604. The number of hydrogen-bond acceptors (Lipinski definition) is 3. The maximum absolute atomic E-state index is 11.8. The molecule has 0 spiro atoms. The largest absolute Gasteiger partial charge is 0.373 e. The predicted octanol–water partition coefficient (Wildman–Crippen LogP) is 3.72. The van der Waals surface area contributed by atoms with E-state index in [0.717, 1.165) is 36.8 Å². The van der Waals surface area contributed by atoms with Gasteiger partial charge in [0.15, 0.2) is 0 Å². The molecule has 1 fully saturated rings. The predicted molar refractivity (Wildman–Crippen MR) is 69.3 cm³/mol. The lowest BCUT2D eigenvalue weighted by atomic mass is 9.98. The Kier molecular flexibility index (Phi) is 4.37. The Morgan fingerprint density at radius 2 is 1.67 bits per heavy atom. The van der Waals surface area contributed by atoms with E-state index < -0.39 is 5.97 Å². The molecule has 1 aromatic rings. The van der Waals surface area contributed by atoms with Crippen molar-refractivity contribution in [3.63, 3.8) is 0 Å². The van der Waals surface area contributed by atoms with Gasteiger partial charge >= 0.3 is 5.97 Å². The van der Waals surface area contributed by atoms with Crippen LogP contribution in [0.15, 0.2) is 18.2 Å². The lowest BCUT2D eigenvalue weighted by Gasteiger charge is -2.19. The first-order valence-electron chi connectivity index (χ1n) is 6.61. The second-order valence-corrected chi connectivity index (χ2v) is 5.10. The van der Waals surface area contributed by atoms with Gasteiger partial charge in [-0.2, -0.15) is 4.89 Å². The summed E-state index contributed by atoms with van der Waals surface area (Å²) in [6.45, 7) is 3.93. The standard InChI is InChI=1S/C15H20O3/c1-11-8-12(2)10-13(9-11)15(16)18-17-14-6-4-3-5-7-14/h8-10,14H,3-7H2,1-2H3. The normalized spacial score (nSPS) is 16.6. The van der Waals surface area contributed by atoms with Crippen molar-refractivity contribution in [3.05, 3.63) is 34.9 Å². The molecule has 3 heteroatoms. The topological polar surface area (TPSA) is 35.5 Å². The third-order valence-corrected chi connectivity index (χ3v) is 3.27. The van der Waals surface area contributed by atoms with E-state index in [-0.39, 0.29) is 6.10 Å². The number of aryl methyl sites for hydroxylation is 2. The highest BCUT2D eigenvalue weighted by Gasteiger charge is 2.17. The lowest BCUT2D eigenvalue weighted by molar-refractivity contribution is -0.279. The highest BCUT2D eigenvalue weighted by molar-refractivity contribution is 5.89. The first-order valence-corrected chi connectivity index (χ1v) is 6.61. The van der Waals surface area contributed by atoms with Crippen LogP contribution in [0.1, 0.15) is 53.6 Å². The molecule has 1 saturated carbocycles. The third kappa shape index (κ3) is 3.57. The van der Waals surface area contributed by atoms with Crippen LogP contribution in [0, 0.1) is 13.8 Å². The SMILES string of the molecule is Cc1cc(C)cc(C(=O)OOC2CCCCC2)c1. The first-order chi connectivity index (χ1) is 8.65. The maximum Gasteiger partial charge on any atom is 0.373 e. The summed E-state index contributed by atoms with van der Waals surface area (Å²) < 4.78 is 0. The van der Waals surface area contributed by atoms with E-state index in [1.165, 1.54) is 6.42 Å². The average molecular weight is 248 g/mol. The molecule has 1 aliphatic carbocycles. The Hall–Kier alpha value is -1.35. The van der Waals surface area contributed by atoms with Gasteiger partial charge in [-0.05, 0) is 38.8 Å². The molecule has 3 nitrogen and oxygen atoms in total. The zero-order chi connectivity index (χ0) is 13.0. The molecule has 0 bridgehead atoms. The Morgan fingerprint density at radius 3 is 2.28 bits per heavy atom. The van der Waals surface area contributed by atoms with Crippen molar-refractivity contribution in [2.45, 2.75) is 52.1 Å².